The number of aryl methyl sites for hydroxylation is 1. The predicted molar refractivity (Wildman–Crippen MR) is 131 cm³/mol. The normalized spacial score (nSPS) is 17.8. The summed E-state index contributed by atoms with van der Waals surface area (Å²) in [6.45, 7) is 5.69. The highest BCUT2D eigenvalue weighted by Gasteiger charge is 2.45. The number of ether oxygens (including phenoxy) is 1. The van der Waals surface area contributed by atoms with Gasteiger partial charge in [0.2, 0.25) is 0 Å². The molecule has 33 heavy (non-hydrogen) atoms. The van der Waals surface area contributed by atoms with E-state index in [0.29, 0.717) is 30.2 Å². The molecule has 7 heteroatoms. The third-order valence-electron chi connectivity index (χ3n) is 5.64. The van der Waals surface area contributed by atoms with E-state index in [1.54, 1.807) is 47.4 Å². The van der Waals surface area contributed by atoms with E-state index in [0.717, 1.165) is 29.8 Å². The first-order chi connectivity index (χ1) is 15.7. The van der Waals surface area contributed by atoms with Crippen LogP contribution in [0.3, 0.4) is 0 Å². The molecule has 3 rings (SSSR count). The van der Waals surface area contributed by atoms with Crippen LogP contribution < -0.4 is 4.74 Å². The Kier molecular flexibility index (Phi) is 8.16. The molecule has 1 amide bonds. The number of carbonyl (C=O) groups excluding carboxylic acids is 2. The highest BCUT2D eigenvalue weighted by atomic mass is 35.5. The first-order valence-electron chi connectivity index (χ1n) is 11.2. The first-order valence-corrected chi connectivity index (χ1v) is 11.5. The number of likely N-dealkylation sites (tertiary alicyclic amines) is 1. The number of hydrogen-bond acceptors (Lipinski definition) is 5. The summed E-state index contributed by atoms with van der Waals surface area (Å²) >= 11 is 6.07. The maximum Gasteiger partial charge on any atom is 0.295 e. The smallest absolute Gasteiger partial charge is 0.295 e. The van der Waals surface area contributed by atoms with Crippen molar-refractivity contribution < 1.29 is 19.4 Å². The number of halogens is 1. The Morgan fingerprint density at radius 2 is 1.85 bits per heavy atom. The van der Waals surface area contributed by atoms with Crippen molar-refractivity contribution in [1.82, 2.24) is 9.80 Å². The second-order valence-corrected chi connectivity index (χ2v) is 8.97. The molecule has 6 nitrogen and oxygen atoms in total. The van der Waals surface area contributed by atoms with E-state index in [1.807, 2.05) is 32.8 Å². The molecule has 1 unspecified atom stereocenters. The number of aliphatic hydroxyl groups excluding tert-OH is 1. The first kappa shape index (κ1) is 24.8. The van der Waals surface area contributed by atoms with Gasteiger partial charge in [-0.25, -0.2) is 0 Å². The number of hydrogen-bond donors (Lipinski definition) is 1. The molecule has 0 spiro atoms. The van der Waals surface area contributed by atoms with Crippen LogP contribution in [0, 0.1) is 6.92 Å². The summed E-state index contributed by atoms with van der Waals surface area (Å²) in [7, 11) is 3.92. The molecule has 1 saturated heterocycles. The SMILES string of the molecule is CCCOc1ccc(C(O)=C2C(=O)C(=O)N(CCCN(C)C)C2c2ccc(Cl)cc2)cc1C. The average molecular weight is 471 g/mol. The summed E-state index contributed by atoms with van der Waals surface area (Å²) in [6.07, 6.45) is 1.59. The number of ketones is 1. The van der Waals surface area contributed by atoms with Crippen LogP contribution in [-0.2, 0) is 9.59 Å². The zero-order chi connectivity index (χ0) is 24.1. The second kappa shape index (κ2) is 10.9. The van der Waals surface area contributed by atoms with E-state index in [-0.39, 0.29) is 11.3 Å². The lowest BCUT2D eigenvalue weighted by molar-refractivity contribution is -0.139. The Hall–Kier alpha value is -2.83. The van der Waals surface area contributed by atoms with Gasteiger partial charge in [0.15, 0.2) is 0 Å². The summed E-state index contributed by atoms with van der Waals surface area (Å²) in [5.74, 6) is -0.739. The fourth-order valence-corrected chi connectivity index (χ4v) is 4.11. The number of rotatable bonds is 9. The van der Waals surface area contributed by atoms with Gasteiger partial charge in [-0.3, -0.25) is 9.59 Å². The van der Waals surface area contributed by atoms with Crippen LogP contribution in [0.5, 0.6) is 5.75 Å². The minimum Gasteiger partial charge on any atom is -0.507 e. The van der Waals surface area contributed by atoms with Crippen molar-refractivity contribution in [2.24, 2.45) is 0 Å². The number of carbonyl (C=O) groups is 2. The van der Waals surface area contributed by atoms with Gasteiger partial charge in [-0.2, -0.15) is 0 Å². The molecule has 0 aliphatic carbocycles. The van der Waals surface area contributed by atoms with Crippen molar-refractivity contribution in [1.29, 1.82) is 0 Å². The lowest BCUT2D eigenvalue weighted by atomic mass is 9.94. The van der Waals surface area contributed by atoms with Crippen molar-refractivity contribution in [3.05, 3.63) is 69.8 Å². The quantitative estimate of drug-likeness (QED) is 0.323. The second-order valence-electron chi connectivity index (χ2n) is 8.53. The van der Waals surface area contributed by atoms with Crippen LogP contribution in [-0.4, -0.2) is 60.4 Å². The molecule has 1 N–H and O–H groups in total. The van der Waals surface area contributed by atoms with Crippen LogP contribution in [0.1, 0.15) is 42.5 Å². The maximum absolute atomic E-state index is 13.1. The largest absolute Gasteiger partial charge is 0.507 e. The van der Waals surface area contributed by atoms with E-state index in [4.69, 9.17) is 16.3 Å². The van der Waals surface area contributed by atoms with Gasteiger partial charge >= 0.3 is 0 Å². The molecular weight excluding hydrogens is 440 g/mol. The van der Waals surface area contributed by atoms with Gasteiger partial charge in [0, 0.05) is 17.1 Å². The zero-order valence-corrected chi connectivity index (χ0v) is 20.4. The van der Waals surface area contributed by atoms with Crippen molar-refractivity contribution in [2.45, 2.75) is 32.7 Å². The van der Waals surface area contributed by atoms with Crippen molar-refractivity contribution in [3.8, 4) is 5.75 Å². The van der Waals surface area contributed by atoms with E-state index < -0.39 is 17.7 Å². The molecule has 1 fully saturated rings. The minimum absolute atomic E-state index is 0.0915. The Bertz CT molecular complexity index is 1050. The lowest BCUT2D eigenvalue weighted by Crippen LogP contribution is -2.32. The van der Waals surface area contributed by atoms with Crippen molar-refractivity contribution in [3.63, 3.8) is 0 Å². The van der Waals surface area contributed by atoms with Gasteiger partial charge in [-0.1, -0.05) is 30.7 Å². The molecule has 0 aromatic heterocycles. The molecule has 176 valence electrons. The van der Waals surface area contributed by atoms with Gasteiger partial charge in [0.25, 0.3) is 11.7 Å². The maximum atomic E-state index is 13.1. The molecule has 0 radical (unpaired) electrons. The summed E-state index contributed by atoms with van der Waals surface area (Å²) in [6, 6.07) is 11.6. The number of amides is 1. The summed E-state index contributed by atoms with van der Waals surface area (Å²) in [4.78, 5) is 29.7. The Balaban J connectivity index is 2.05. The van der Waals surface area contributed by atoms with Crippen molar-refractivity contribution >= 4 is 29.1 Å². The topological polar surface area (TPSA) is 70.1 Å². The standard InChI is InChI=1S/C26H31ClN2O4/c1-5-15-33-21-12-9-19(16-17(21)2)24(30)22-23(18-7-10-20(27)11-8-18)29(26(32)25(22)31)14-6-13-28(3)4/h7-12,16,23,30H,5-6,13-15H2,1-4H3. The average Bonchev–Trinajstić information content (AvgIpc) is 3.03. The Morgan fingerprint density at radius 1 is 1.15 bits per heavy atom. The lowest BCUT2D eigenvalue weighted by Gasteiger charge is -2.26. The summed E-state index contributed by atoms with van der Waals surface area (Å²) in [5, 5.41) is 11.8. The molecular formula is C26H31ClN2O4. The van der Waals surface area contributed by atoms with Gasteiger partial charge < -0.3 is 19.6 Å². The number of benzene rings is 2. The molecule has 1 heterocycles. The molecule has 0 bridgehead atoms. The summed E-state index contributed by atoms with van der Waals surface area (Å²) < 4.78 is 5.72. The molecule has 2 aromatic rings. The van der Waals surface area contributed by atoms with Crippen LogP contribution in [0.15, 0.2) is 48.0 Å². The number of nitrogens with zero attached hydrogens (tertiary/aromatic N) is 2. The molecule has 1 aliphatic rings. The van der Waals surface area contributed by atoms with Crippen LogP contribution in [0.4, 0.5) is 0 Å². The highest BCUT2D eigenvalue weighted by Crippen LogP contribution is 2.40. The van der Waals surface area contributed by atoms with E-state index >= 15 is 0 Å². The van der Waals surface area contributed by atoms with Crippen LogP contribution in [0.25, 0.3) is 5.76 Å². The van der Waals surface area contributed by atoms with Gasteiger partial charge in [-0.15, -0.1) is 0 Å². The summed E-state index contributed by atoms with van der Waals surface area (Å²) in [5.41, 5.74) is 2.13. The highest BCUT2D eigenvalue weighted by molar-refractivity contribution is 6.46. The molecule has 1 aliphatic heterocycles. The van der Waals surface area contributed by atoms with Crippen LogP contribution in [0.2, 0.25) is 5.02 Å². The fraction of sp³-hybridized carbons (Fsp3) is 0.385. The number of Topliss-reactive ketones (excluding diaryl/α,β-unsaturated/α-hetero) is 1. The van der Waals surface area contributed by atoms with Gasteiger partial charge in [-0.05, 0) is 81.9 Å². The van der Waals surface area contributed by atoms with E-state index in [2.05, 4.69) is 0 Å². The third-order valence-corrected chi connectivity index (χ3v) is 5.89. The van der Waals surface area contributed by atoms with Crippen molar-refractivity contribution in [2.75, 3.05) is 33.8 Å². The fourth-order valence-electron chi connectivity index (χ4n) is 3.99. The predicted octanol–water partition coefficient (Wildman–Crippen LogP) is 4.81. The van der Waals surface area contributed by atoms with E-state index in [9.17, 15) is 14.7 Å². The molecule has 1 atom stereocenters. The third kappa shape index (κ3) is 5.57. The zero-order valence-electron chi connectivity index (χ0n) is 19.6. The van der Waals surface area contributed by atoms with E-state index in [1.165, 1.54) is 0 Å². The monoisotopic (exact) mass is 470 g/mol. The Labute approximate surface area is 200 Å². The molecule has 2 aromatic carbocycles. The van der Waals surface area contributed by atoms with Crippen LogP contribution >= 0.6 is 11.6 Å². The van der Waals surface area contributed by atoms with Gasteiger partial charge in [0.05, 0.1) is 18.2 Å². The number of aliphatic hydroxyl groups is 1. The van der Waals surface area contributed by atoms with Gasteiger partial charge in [0.1, 0.15) is 11.5 Å². The minimum atomic E-state index is -0.680. The molecule has 0 saturated carbocycles. The Morgan fingerprint density at radius 3 is 2.45 bits per heavy atom.